The van der Waals surface area contributed by atoms with E-state index in [2.05, 4.69) is 35.3 Å². The van der Waals surface area contributed by atoms with Gasteiger partial charge in [0.05, 0.1) is 12.2 Å². The van der Waals surface area contributed by atoms with Gasteiger partial charge in [0.15, 0.2) is 0 Å². The standard InChI is InChI=1S/C20H23ClN4/c1-15-19(13-22-12-10-18-8-5-6-11-23-18)16(2)25(24-15)14-17-7-3-4-9-20(17)21/h3-9,11,22H,10,12-14H2,1-2H3. The molecule has 0 atom stereocenters. The number of aromatic nitrogens is 3. The summed E-state index contributed by atoms with van der Waals surface area (Å²) in [7, 11) is 0. The van der Waals surface area contributed by atoms with Crippen LogP contribution in [0.5, 0.6) is 0 Å². The van der Waals surface area contributed by atoms with Gasteiger partial charge in [0.1, 0.15) is 0 Å². The quantitative estimate of drug-likeness (QED) is 0.654. The largest absolute Gasteiger partial charge is 0.312 e. The second kappa shape index (κ2) is 8.28. The minimum atomic E-state index is 0.695. The van der Waals surface area contributed by atoms with E-state index in [4.69, 9.17) is 11.6 Å². The third-order valence-corrected chi connectivity index (χ3v) is 4.76. The van der Waals surface area contributed by atoms with Crippen LogP contribution in [-0.4, -0.2) is 21.3 Å². The van der Waals surface area contributed by atoms with Crippen LogP contribution in [0.25, 0.3) is 0 Å². The smallest absolute Gasteiger partial charge is 0.0677 e. The van der Waals surface area contributed by atoms with Gasteiger partial charge in [0.25, 0.3) is 0 Å². The maximum Gasteiger partial charge on any atom is 0.0677 e. The summed E-state index contributed by atoms with van der Waals surface area (Å²) in [6.07, 6.45) is 2.76. The first-order valence-electron chi connectivity index (χ1n) is 8.52. The number of nitrogens with zero attached hydrogens (tertiary/aromatic N) is 3. The summed E-state index contributed by atoms with van der Waals surface area (Å²) < 4.78 is 2.03. The van der Waals surface area contributed by atoms with Crippen molar-refractivity contribution in [3.05, 3.63) is 81.9 Å². The van der Waals surface area contributed by atoms with Crippen molar-refractivity contribution in [1.29, 1.82) is 0 Å². The zero-order valence-corrected chi connectivity index (χ0v) is 15.4. The summed E-state index contributed by atoms with van der Waals surface area (Å²) in [4.78, 5) is 4.35. The van der Waals surface area contributed by atoms with Crippen LogP contribution in [0.15, 0.2) is 48.7 Å². The van der Waals surface area contributed by atoms with Gasteiger partial charge in [-0.25, -0.2) is 0 Å². The number of benzene rings is 1. The highest BCUT2D eigenvalue weighted by molar-refractivity contribution is 6.31. The van der Waals surface area contributed by atoms with Crippen molar-refractivity contribution in [3.8, 4) is 0 Å². The molecule has 2 aromatic heterocycles. The van der Waals surface area contributed by atoms with Crippen molar-refractivity contribution in [2.45, 2.75) is 33.4 Å². The van der Waals surface area contributed by atoms with Crippen LogP contribution in [0, 0.1) is 13.8 Å². The van der Waals surface area contributed by atoms with Crippen LogP contribution >= 0.6 is 11.6 Å². The Morgan fingerprint density at radius 1 is 1.08 bits per heavy atom. The Hall–Kier alpha value is -2.17. The van der Waals surface area contributed by atoms with E-state index in [1.54, 1.807) is 0 Å². The summed E-state index contributed by atoms with van der Waals surface area (Å²) in [5, 5.41) is 8.97. The molecule has 1 N–H and O–H groups in total. The fraction of sp³-hybridized carbons (Fsp3) is 0.300. The highest BCUT2D eigenvalue weighted by atomic mass is 35.5. The number of halogens is 1. The second-order valence-corrected chi connectivity index (χ2v) is 6.55. The van der Waals surface area contributed by atoms with Gasteiger partial charge in [-0.15, -0.1) is 0 Å². The molecule has 0 bridgehead atoms. The molecule has 0 aliphatic carbocycles. The molecule has 130 valence electrons. The lowest BCUT2D eigenvalue weighted by atomic mass is 10.2. The SMILES string of the molecule is Cc1nn(Cc2ccccc2Cl)c(C)c1CNCCc1ccccn1. The molecule has 0 saturated carbocycles. The van der Waals surface area contributed by atoms with E-state index in [1.807, 2.05) is 47.3 Å². The van der Waals surface area contributed by atoms with Gasteiger partial charge in [-0.2, -0.15) is 5.10 Å². The normalized spacial score (nSPS) is 11.0. The molecule has 2 heterocycles. The minimum absolute atomic E-state index is 0.695. The number of rotatable bonds is 7. The number of aryl methyl sites for hydroxylation is 1. The summed E-state index contributed by atoms with van der Waals surface area (Å²) >= 11 is 6.27. The average molecular weight is 355 g/mol. The molecule has 0 unspecified atom stereocenters. The molecule has 0 amide bonds. The van der Waals surface area contributed by atoms with Crippen LogP contribution in [-0.2, 0) is 19.5 Å². The van der Waals surface area contributed by atoms with Gasteiger partial charge in [-0.1, -0.05) is 35.9 Å². The molecule has 0 fully saturated rings. The van der Waals surface area contributed by atoms with Gasteiger partial charge in [0.2, 0.25) is 0 Å². The second-order valence-electron chi connectivity index (χ2n) is 6.15. The molecule has 4 nitrogen and oxygen atoms in total. The predicted molar refractivity (Wildman–Crippen MR) is 102 cm³/mol. The highest BCUT2D eigenvalue weighted by Gasteiger charge is 2.12. The topological polar surface area (TPSA) is 42.7 Å². The number of pyridine rings is 1. The van der Waals surface area contributed by atoms with Crippen LogP contribution in [0.4, 0.5) is 0 Å². The zero-order valence-electron chi connectivity index (χ0n) is 14.7. The van der Waals surface area contributed by atoms with E-state index < -0.39 is 0 Å². The van der Waals surface area contributed by atoms with Gasteiger partial charge in [-0.05, 0) is 37.6 Å². The summed E-state index contributed by atoms with van der Waals surface area (Å²) in [6, 6.07) is 13.9. The van der Waals surface area contributed by atoms with E-state index in [0.29, 0.717) is 6.54 Å². The van der Waals surface area contributed by atoms with Crippen molar-refractivity contribution in [3.63, 3.8) is 0 Å². The Morgan fingerprint density at radius 3 is 2.64 bits per heavy atom. The molecule has 0 spiro atoms. The first-order chi connectivity index (χ1) is 12.1. The van der Waals surface area contributed by atoms with Gasteiger partial charge < -0.3 is 5.32 Å². The molecule has 5 heteroatoms. The Balaban J connectivity index is 1.61. The molecular weight excluding hydrogens is 332 g/mol. The number of hydrogen-bond donors (Lipinski definition) is 1. The molecule has 0 radical (unpaired) electrons. The lowest BCUT2D eigenvalue weighted by Gasteiger charge is -2.08. The lowest BCUT2D eigenvalue weighted by molar-refractivity contribution is 0.651. The Kier molecular flexibility index (Phi) is 5.84. The van der Waals surface area contributed by atoms with Crippen LogP contribution < -0.4 is 5.32 Å². The van der Waals surface area contributed by atoms with Crippen molar-refractivity contribution in [1.82, 2.24) is 20.1 Å². The van der Waals surface area contributed by atoms with E-state index in [-0.39, 0.29) is 0 Å². The third kappa shape index (κ3) is 4.47. The Bertz CT molecular complexity index is 827. The van der Waals surface area contributed by atoms with Crippen LogP contribution in [0.1, 0.15) is 28.2 Å². The number of hydrogen-bond acceptors (Lipinski definition) is 3. The molecule has 0 aliphatic heterocycles. The van der Waals surface area contributed by atoms with E-state index in [9.17, 15) is 0 Å². The third-order valence-electron chi connectivity index (χ3n) is 4.40. The van der Waals surface area contributed by atoms with Crippen molar-refractivity contribution >= 4 is 11.6 Å². The lowest BCUT2D eigenvalue weighted by Crippen LogP contribution is -2.18. The molecular formula is C20H23ClN4. The van der Waals surface area contributed by atoms with Gasteiger partial charge in [0, 0.05) is 47.7 Å². The molecule has 0 aliphatic rings. The first-order valence-corrected chi connectivity index (χ1v) is 8.90. The summed E-state index contributed by atoms with van der Waals surface area (Å²) in [5.41, 5.74) is 5.70. The van der Waals surface area contributed by atoms with Gasteiger partial charge in [-0.3, -0.25) is 9.67 Å². The van der Waals surface area contributed by atoms with Crippen LogP contribution in [0.3, 0.4) is 0 Å². The monoisotopic (exact) mass is 354 g/mol. The zero-order chi connectivity index (χ0) is 17.6. The van der Waals surface area contributed by atoms with Crippen molar-refractivity contribution < 1.29 is 0 Å². The van der Waals surface area contributed by atoms with Crippen molar-refractivity contribution in [2.24, 2.45) is 0 Å². The molecule has 0 saturated heterocycles. The first kappa shape index (κ1) is 17.6. The number of nitrogens with one attached hydrogen (secondary N) is 1. The van der Waals surface area contributed by atoms with E-state index in [0.717, 1.165) is 41.5 Å². The maximum absolute atomic E-state index is 6.27. The van der Waals surface area contributed by atoms with Gasteiger partial charge >= 0.3 is 0 Å². The molecule has 1 aromatic carbocycles. The average Bonchev–Trinajstić information content (AvgIpc) is 2.88. The van der Waals surface area contributed by atoms with Crippen molar-refractivity contribution in [2.75, 3.05) is 6.54 Å². The fourth-order valence-corrected chi connectivity index (χ4v) is 3.10. The predicted octanol–water partition coefficient (Wildman–Crippen LogP) is 3.93. The Labute approximate surface area is 153 Å². The van der Waals surface area contributed by atoms with E-state index in [1.165, 1.54) is 11.3 Å². The fourth-order valence-electron chi connectivity index (χ4n) is 2.91. The Morgan fingerprint density at radius 2 is 1.88 bits per heavy atom. The van der Waals surface area contributed by atoms with Crippen LogP contribution in [0.2, 0.25) is 5.02 Å². The van der Waals surface area contributed by atoms with E-state index >= 15 is 0 Å². The summed E-state index contributed by atoms with van der Waals surface area (Å²) in [5.74, 6) is 0. The molecule has 3 rings (SSSR count). The molecule has 25 heavy (non-hydrogen) atoms. The summed E-state index contributed by atoms with van der Waals surface area (Å²) in [6.45, 7) is 6.58. The maximum atomic E-state index is 6.27. The minimum Gasteiger partial charge on any atom is -0.312 e. The highest BCUT2D eigenvalue weighted by Crippen LogP contribution is 2.19. The molecule has 3 aromatic rings.